The standard InChI is InChI=1S/C9H8Cl2N4S/c10-7-2-1-3-8(11)6(7)4-13-15-5-12-14-9(15)16/h1-3,5,13H,4H2,(H,14,16). The Balaban J connectivity index is 2.17. The lowest BCUT2D eigenvalue weighted by atomic mass is 10.2. The maximum atomic E-state index is 6.03. The molecule has 0 aliphatic heterocycles. The van der Waals surface area contributed by atoms with Gasteiger partial charge in [-0.15, -0.1) is 0 Å². The fourth-order valence-electron chi connectivity index (χ4n) is 1.23. The quantitative estimate of drug-likeness (QED) is 0.846. The molecule has 7 heteroatoms. The molecule has 0 bridgehead atoms. The summed E-state index contributed by atoms with van der Waals surface area (Å²) < 4.78 is 2.08. The average molecular weight is 275 g/mol. The van der Waals surface area contributed by atoms with Crippen LogP contribution in [0.1, 0.15) is 5.56 Å². The number of hydrogen-bond acceptors (Lipinski definition) is 3. The van der Waals surface area contributed by atoms with Crippen molar-refractivity contribution < 1.29 is 0 Å². The van der Waals surface area contributed by atoms with Crippen LogP contribution in [-0.2, 0) is 6.54 Å². The number of rotatable bonds is 3. The lowest BCUT2D eigenvalue weighted by molar-refractivity contribution is 0.825. The van der Waals surface area contributed by atoms with Gasteiger partial charge in [-0.05, 0) is 24.4 Å². The molecule has 84 valence electrons. The van der Waals surface area contributed by atoms with Crippen LogP contribution in [0.4, 0.5) is 0 Å². The SMILES string of the molecule is S=c1[nH]ncn1NCc1c(Cl)cccc1Cl. The van der Waals surface area contributed by atoms with E-state index in [-0.39, 0.29) is 0 Å². The Labute approximate surface area is 107 Å². The third-order valence-electron chi connectivity index (χ3n) is 2.04. The van der Waals surface area contributed by atoms with Crippen LogP contribution in [0.3, 0.4) is 0 Å². The summed E-state index contributed by atoms with van der Waals surface area (Å²) in [4.78, 5) is 0. The highest BCUT2D eigenvalue weighted by Crippen LogP contribution is 2.23. The zero-order valence-corrected chi connectivity index (χ0v) is 10.4. The number of H-pyrrole nitrogens is 1. The molecule has 4 nitrogen and oxygen atoms in total. The van der Waals surface area contributed by atoms with E-state index < -0.39 is 0 Å². The third-order valence-corrected chi connectivity index (χ3v) is 3.04. The van der Waals surface area contributed by atoms with Gasteiger partial charge in [0.25, 0.3) is 0 Å². The van der Waals surface area contributed by atoms with Gasteiger partial charge < -0.3 is 5.43 Å². The van der Waals surface area contributed by atoms with Crippen LogP contribution in [0, 0.1) is 4.77 Å². The van der Waals surface area contributed by atoms with E-state index in [0.717, 1.165) is 5.56 Å². The van der Waals surface area contributed by atoms with Crippen LogP contribution in [0.25, 0.3) is 0 Å². The molecule has 0 saturated carbocycles. The normalized spacial score (nSPS) is 10.4. The number of hydrogen-bond donors (Lipinski definition) is 2. The number of nitrogens with zero attached hydrogens (tertiary/aromatic N) is 2. The summed E-state index contributed by atoms with van der Waals surface area (Å²) in [6.45, 7) is 0.479. The smallest absolute Gasteiger partial charge is 0.214 e. The second kappa shape index (κ2) is 4.86. The molecule has 0 aliphatic carbocycles. The molecular weight excluding hydrogens is 267 g/mol. The highest BCUT2D eigenvalue weighted by atomic mass is 35.5. The molecule has 1 aromatic carbocycles. The summed E-state index contributed by atoms with van der Waals surface area (Å²) in [5, 5.41) is 7.66. The van der Waals surface area contributed by atoms with Gasteiger partial charge in [0.2, 0.25) is 4.77 Å². The van der Waals surface area contributed by atoms with E-state index in [1.165, 1.54) is 0 Å². The Morgan fingerprint density at radius 3 is 2.62 bits per heavy atom. The van der Waals surface area contributed by atoms with Gasteiger partial charge in [-0.25, -0.2) is 4.68 Å². The van der Waals surface area contributed by atoms with Crippen molar-refractivity contribution in [2.45, 2.75) is 6.54 Å². The summed E-state index contributed by atoms with van der Waals surface area (Å²) in [6.07, 6.45) is 1.55. The predicted octanol–water partition coefficient (Wildman–Crippen LogP) is 2.99. The average Bonchev–Trinajstić information content (AvgIpc) is 2.64. The maximum absolute atomic E-state index is 6.03. The molecule has 16 heavy (non-hydrogen) atoms. The van der Waals surface area contributed by atoms with Gasteiger partial charge in [-0.2, -0.15) is 5.10 Å². The highest BCUT2D eigenvalue weighted by Gasteiger charge is 2.04. The number of benzene rings is 1. The van der Waals surface area contributed by atoms with Crippen molar-refractivity contribution in [1.29, 1.82) is 0 Å². The van der Waals surface area contributed by atoms with Crippen molar-refractivity contribution in [1.82, 2.24) is 14.9 Å². The molecule has 0 unspecified atom stereocenters. The molecule has 0 fully saturated rings. The minimum absolute atomic E-state index is 0.479. The van der Waals surface area contributed by atoms with Crippen LogP contribution in [0.15, 0.2) is 24.5 Å². The summed E-state index contributed by atoms with van der Waals surface area (Å²) in [6, 6.07) is 5.38. The Kier molecular flexibility index (Phi) is 3.48. The lowest BCUT2D eigenvalue weighted by Crippen LogP contribution is -2.13. The molecule has 0 atom stereocenters. The second-order valence-corrected chi connectivity index (χ2v) is 4.27. The number of aromatic amines is 1. The van der Waals surface area contributed by atoms with Crippen molar-refractivity contribution in [3.05, 3.63) is 44.9 Å². The molecule has 0 saturated heterocycles. The Hall–Kier alpha value is -1.04. The van der Waals surface area contributed by atoms with Gasteiger partial charge in [0.1, 0.15) is 6.33 Å². The molecule has 0 aliphatic rings. The number of halogens is 2. The predicted molar refractivity (Wildman–Crippen MR) is 66.9 cm³/mol. The van der Waals surface area contributed by atoms with Crippen LogP contribution in [0.5, 0.6) is 0 Å². The molecule has 1 aromatic heterocycles. The van der Waals surface area contributed by atoms with Crippen LogP contribution >= 0.6 is 35.4 Å². The van der Waals surface area contributed by atoms with Crippen LogP contribution in [0.2, 0.25) is 10.0 Å². The van der Waals surface area contributed by atoms with Gasteiger partial charge in [0.15, 0.2) is 0 Å². The maximum Gasteiger partial charge on any atom is 0.214 e. The topological polar surface area (TPSA) is 45.6 Å². The molecule has 2 N–H and O–H groups in total. The Morgan fingerprint density at radius 1 is 1.38 bits per heavy atom. The molecule has 2 rings (SSSR count). The first-order valence-corrected chi connectivity index (χ1v) is 5.63. The van der Waals surface area contributed by atoms with E-state index in [1.807, 2.05) is 0 Å². The molecule has 0 radical (unpaired) electrons. The Bertz CT molecular complexity index is 528. The second-order valence-electron chi connectivity index (χ2n) is 3.07. The van der Waals surface area contributed by atoms with Gasteiger partial charge in [0, 0.05) is 15.6 Å². The van der Waals surface area contributed by atoms with E-state index in [4.69, 9.17) is 35.4 Å². The largest absolute Gasteiger partial charge is 0.318 e. The summed E-state index contributed by atoms with van der Waals surface area (Å²) in [5.74, 6) is 0. The highest BCUT2D eigenvalue weighted by molar-refractivity contribution is 7.71. The van der Waals surface area contributed by atoms with Gasteiger partial charge >= 0.3 is 0 Å². The molecule has 0 spiro atoms. The fraction of sp³-hybridized carbons (Fsp3) is 0.111. The van der Waals surface area contributed by atoms with Gasteiger partial charge in [-0.1, -0.05) is 29.3 Å². The summed E-state index contributed by atoms with van der Waals surface area (Å²) in [7, 11) is 0. The number of nitrogens with one attached hydrogen (secondary N) is 2. The summed E-state index contributed by atoms with van der Waals surface area (Å²) in [5.41, 5.74) is 3.87. The van der Waals surface area contributed by atoms with Crippen molar-refractivity contribution in [2.75, 3.05) is 5.43 Å². The van der Waals surface area contributed by atoms with E-state index >= 15 is 0 Å². The molecular formula is C9H8Cl2N4S. The van der Waals surface area contributed by atoms with Crippen LogP contribution < -0.4 is 5.43 Å². The van der Waals surface area contributed by atoms with Crippen molar-refractivity contribution in [3.63, 3.8) is 0 Å². The zero-order valence-electron chi connectivity index (χ0n) is 8.08. The summed E-state index contributed by atoms with van der Waals surface area (Å²) >= 11 is 17.0. The van der Waals surface area contributed by atoms with Crippen LogP contribution in [-0.4, -0.2) is 14.9 Å². The van der Waals surface area contributed by atoms with Gasteiger partial charge in [-0.3, -0.25) is 5.10 Å². The monoisotopic (exact) mass is 274 g/mol. The van der Waals surface area contributed by atoms with E-state index in [0.29, 0.717) is 21.4 Å². The third kappa shape index (κ3) is 2.37. The molecule has 0 amide bonds. The van der Waals surface area contributed by atoms with Crippen molar-refractivity contribution in [3.8, 4) is 0 Å². The minimum atomic E-state index is 0.479. The molecule has 1 heterocycles. The molecule has 2 aromatic rings. The van der Waals surface area contributed by atoms with E-state index in [2.05, 4.69) is 15.6 Å². The first-order chi connectivity index (χ1) is 7.68. The fourth-order valence-corrected chi connectivity index (χ4v) is 1.92. The minimum Gasteiger partial charge on any atom is -0.318 e. The Morgan fingerprint density at radius 2 is 2.06 bits per heavy atom. The first kappa shape index (κ1) is 11.4. The van der Waals surface area contributed by atoms with Gasteiger partial charge in [0.05, 0.1) is 6.54 Å². The zero-order chi connectivity index (χ0) is 11.5. The number of aromatic nitrogens is 3. The van der Waals surface area contributed by atoms with Crippen molar-refractivity contribution in [2.24, 2.45) is 0 Å². The van der Waals surface area contributed by atoms with E-state index in [1.54, 1.807) is 29.2 Å². The lowest BCUT2D eigenvalue weighted by Gasteiger charge is -2.09. The van der Waals surface area contributed by atoms with Crippen molar-refractivity contribution >= 4 is 35.4 Å². The van der Waals surface area contributed by atoms with E-state index in [9.17, 15) is 0 Å². The first-order valence-electron chi connectivity index (χ1n) is 4.47.